The summed E-state index contributed by atoms with van der Waals surface area (Å²) in [6.45, 7) is 5.14. The van der Waals surface area contributed by atoms with Crippen molar-refractivity contribution >= 4 is 11.6 Å². The van der Waals surface area contributed by atoms with Crippen LogP contribution in [0.3, 0.4) is 0 Å². The Morgan fingerprint density at radius 2 is 2.00 bits per heavy atom. The summed E-state index contributed by atoms with van der Waals surface area (Å²) in [5, 5.41) is 0. The minimum absolute atomic E-state index is 0.0917. The van der Waals surface area contributed by atoms with E-state index in [1.807, 2.05) is 0 Å². The van der Waals surface area contributed by atoms with Crippen molar-refractivity contribution in [1.29, 1.82) is 0 Å². The Morgan fingerprint density at radius 3 is 2.57 bits per heavy atom. The van der Waals surface area contributed by atoms with Crippen LogP contribution in [-0.2, 0) is 9.47 Å². The van der Waals surface area contributed by atoms with Gasteiger partial charge in [0.25, 0.3) is 0 Å². The maximum Gasteiger partial charge on any atom is 0.173 e. The van der Waals surface area contributed by atoms with Crippen LogP contribution in [0.15, 0.2) is 0 Å². The van der Waals surface area contributed by atoms with E-state index in [9.17, 15) is 0 Å². The summed E-state index contributed by atoms with van der Waals surface area (Å²) >= 11 is 5.80. The fourth-order valence-corrected chi connectivity index (χ4v) is 2.73. The lowest BCUT2D eigenvalue weighted by Gasteiger charge is -2.45. The van der Waals surface area contributed by atoms with Gasteiger partial charge in [-0.2, -0.15) is 0 Å². The first-order valence-electron chi connectivity index (χ1n) is 5.47. The smallest absolute Gasteiger partial charge is 0.173 e. The molecule has 2 rings (SSSR count). The van der Waals surface area contributed by atoms with Crippen molar-refractivity contribution in [3.05, 3.63) is 0 Å². The van der Waals surface area contributed by atoms with E-state index < -0.39 is 0 Å². The molecule has 3 heteroatoms. The fraction of sp³-hybridized carbons (Fsp3) is 1.00. The Bertz CT molecular complexity index is 217. The van der Waals surface area contributed by atoms with Crippen molar-refractivity contribution in [2.45, 2.75) is 51.4 Å². The first kappa shape index (κ1) is 10.7. The number of halogens is 1. The minimum atomic E-state index is -0.342. The average molecular weight is 219 g/mol. The molecule has 0 amide bonds. The first-order chi connectivity index (χ1) is 6.60. The van der Waals surface area contributed by atoms with Crippen LogP contribution in [0, 0.1) is 5.41 Å². The van der Waals surface area contributed by atoms with E-state index in [1.54, 1.807) is 0 Å². The normalized spacial score (nSPS) is 41.8. The zero-order chi connectivity index (χ0) is 10.2. The largest absolute Gasteiger partial charge is 0.347 e. The van der Waals surface area contributed by atoms with E-state index in [2.05, 4.69) is 13.8 Å². The lowest BCUT2D eigenvalue weighted by atomic mass is 9.72. The molecule has 2 aliphatic rings. The Hall–Kier alpha value is 0.210. The predicted molar refractivity (Wildman–Crippen MR) is 56.5 cm³/mol. The van der Waals surface area contributed by atoms with Gasteiger partial charge in [-0.05, 0) is 12.8 Å². The van der Waals surface area contributed by atoms with Crippen molar-refractivity contribution in [3.8, 4) is 0 Å². The number of ether oxygens (including phenoxy) is 2. The Morgan fingerprint density at radius 1 is 1.29 bits per heavy atom. The van der Waals surface area contributed by atoms with E-state index in [0.29, 0.717) is 12.5 Å². The lowest BCUT2D eigenvalue weighted by Crippen LogP contribution is -2.48. The van der Waals surface area contributed by atoms with Crippen LogP contribution in [0.25, 0.3) is 0 Å². The van der Waals surface area contributed by atoms with Gasteiger partial charge in [-0.3, -0.25) is 0 Å². The standard InChI is InChI=1S/C11H19ClO2/c1-10(2)5-3-4-6-11(10)13-8-9(7-12)14-11/h9H,3-8H2,1-2H3. The van der Waals surface area contributed by atoms with Gasteiger partial charge in [0.1, 0.15) is 0 Å². The highest BCUT2D eigenvalue weighted by Gasteiger charge is 2.53. The SMILES string of the molecule is CC1(C)CCCCC12OCC(CCl)O2. The van der Waals surface area contributed by atoms with Crippen LogP contribution in [0.2, 0.25) is 0 Å². The summed E-state index contributed by atoms with van der Waals surface area (Å²) < 4.78 is 11.9. The molecular formula is C11H19ClO2. The van der Waals surface area contributed by atoms with Gasteiger partial charge < -0.3 is 9.47 Å². The number of rotatable bonds is 1. The van der Waals surface area contributed by atoms with Crippen molar-refractivity contribution in [2.24, 2.45) is 5.41 Å². The summed E-state index contributed by atoms with van der Waals surface area (Å²) in [7, 11) is 0. The van der Waals surface area contributed by atoms with Crippen molar-refractivity contribution in [1.82, 2.24) is 0 Å². The molecule has 1 spiro atoms. The highest BCUT2D eigenvalue weighted by atomic mass is 35.5. The third kappa shape index (κ3) is 1.58. The zero-order valence-electron chi connectivity index (χ0n) is 9.01. The van der Waals surface area contributed by atoms with Crippen LogP contribution >= 0.6 is 11.6 Å². The molecule has 0 aromatic carbocycles. The average Bonchev–Trinajstić information content (AvgIpc) is 2.56. The minimum Gasteiger partial charge on any atom is -0.347 e. The summed E-state index contributed by atoms with van der Waals surface area (Å²) in [5.74, 6) is 0.197. The summed E-state index contributed by atoms with van der Waals surface area (Å²) in [4.78, 5) is 0. The fourth-order valence-electron chi connectivity index (χ4n) is 2.58. The van der Waals surface area contributed by atoms with Gasteiger partial charge in [0.15, 0.2) is 5.79 Å². The topological polar surface area (TPSA) is 18.5 Å². The summed E-state index contributed by atoms with van der Waals surface area (Å²) in [5.41, 5.74) is 0.131. The van der Waals surface area contributed by atoms with E-state index >= 15 is 0 Å². The third-order valence-electron chi connectivity index (χ3n) is 3.62. The molecular weight excluding hydrogens is 200 g/mol. The molecule has 0 N–H and O–H groups in total. The monoisotopic (exact) mass is 218 g/mol. The second kappa shape index (κ2) is 3.66. The number of alkyl halides is 1. The van der Waals surface area contributed by atoms with E-state index in [0.717, 1.165) is 6.42 Å². The molecule has 0 aromatic rings. The van der Waals surface area contributed by atoms with Gasteiger partial charge in [0.05, 0.1) is 18.6 Å². The quantitative estimate of drug-likeness (QED) is 0.630. The molecule has 0 aromatic heterocycles. The lowest BCUT2D eigenvalue weighted by molar-refractivity contribution is -0.251. The Balaban J connectivity index is 2.14. The maximum absolute atomic E-state index is 6.00. The van der Waals surface area contributed by atoms with Crippen LogP contribution in [0.5, 0.6) is 0 Å². The molecule has 1 saturated carbocycles. The summed E-state index contributed by atoms with van der Waals surface area (Å²) in [6.07, 6.45) is 4.79. The Kier molecular flexibility index (Phi) is 2.80. The first-order valence-corrected chi connectivity index (χ1v) is 6.01. The van der Waals surface area contributed by atoms with Crippen LogP contribution in [-0.4, -0.2) is 24.4 Å². The van der Waals surface area contributed by atoms with Gasteiger partial charge in [0, 0.05) is 11.8 Å². The molecule has 1 heterocycles. The molecule has 2 unspecified atom stereocenters. The second-order valence-electron chi connectivity index (χ2n) is 5.05. The molecule has 1 aliphatic heterocycles. The Labute approximate surface area is 90.9 Å². The van der Waals surface area contributed by atoms with Crippen molar-refractivity contribution in [2.75, 3.05) is 12.5 Å². The van der Waals surface area contributed by atoms with Gasteiger partial charge in [0.2, 0.25) is 0 Å². The predicted octanol–water partition coefficient (Wildman–Crippen LogP) is 2.94. The van der Waals surface area contributed by atoms with Crippen LogP contribution in [0.4, 0.5) is 0 Å². The van der Waals surface area contributed by atoms with Crippen molar-refractivity contribution in [3.63, 3.8) is 0 Å². The molecule has 1 saturated heterocycles. The van der Waals surface area contributed by atoms with Gasteiger partial charge in [-0.25, -0.2) is 0 Å². The van der Waals surface area contributed by atoms with Gasteiger partial charge in [-0.1, -0.05) is 20.3 Å². The molecule has 82 valence electrons. The van der Waals surface area contributed by atoms with E-state index in [4.69, 9.17) is 21.1 Å². The number of hydrogen-bond donors (Lipinski definition) is 0. The third-order valence-corrected chi connectivity index (χ3v) is 3.96. The van der Waals surface area contributed by atoms with Crippen molar-refractivity contribution < 1.29 is 9.47 Å². The highest BCUT2D eigenvalue weighted by Crippen LogP contribution is 2.50. The maximum atomic E-state index is 6.00. The molecule has 1 aliphatic carbocycles. The van der Waals surface area contributed by atoms with Gasteiger partial charge >= 0.3 is 0 Å². The molecule has 14 heavy (non-hydrogen) atoms. The molecule has 2 nitrogen and oxygen atoms in total. The van der Waals surface area contributed by atoms with Crippen LogP contribution in [0.1, 0.15) is 39.5 Å². The second-order valence-corrected chi connectivity index (χ2v) is 5.36. The molecule has 2 fully saturated rings. The molecule has 0 radical (unpaired) electrons. The van der Waals surface area contributed by atoms with Crippen LogP contribution < -0.4 is 0 Å². The molecule has 2 atom stereocenters. The van der Waals surface area contributed by atoms with E-state index in [1.165, 1.54) is 19.3 Å². The summed E-state index contributed by atoms with van der Waals surface area (Å²) in [6, 6.07) is 0. The highest BCUT2D eigenvalue weighted by molar-refractivity contribution is 6.18. The van der Waals surface area contributed by atoms with Gasteiger partial charge in [-0.15, -0.1) is 11.6 Å². The molecule has 0 bridgehead atoms. The zero-order valence-corrected chi connectivity index (χ0v) is 9.77. The van der Waals surface area contributed by atoms with E-state index in [-0.39, 0.29) is 17.3 Å². The number of hydrogen-bond acceptors (Lipinski definition) is 2.